The van der Waals surface area contributed by atoms with Crippen molar-refractivity contribution < 1.29 is 9.47 Å². The van der Waals surface area contributed by atoms with Gasteiger partial charge in [-0.05, 0) is 32.1 Å². The predicted molar refractivity (Wildman–Crippen MR) is 94.6 cm³/mol. The fourth-order valence-electron chi connectivity index (χ4n) is 2.08. The highest BCUT2D eigenvalue weighted by Gasteiger charge is 2.04. The average Bonchev–Trinajstić information content (AvgIpc) is 2.53. The SMILES string of the molecule is C=CCCCCCN(C)C(=NC)NCCCCOCCOC. The van der Waals surface area contributed by atoms with Crippen molar-refractivity contribution in [2.45, 2.75) is 38.5 Å². The minimum Gasteiger partial charge on any atom is -0.382 e. The van der Waals surface area contributed by atoms with Crippen LogP contribution >= 0.6 is 0 Å². The first kappa shape index (κ1) is 20.9. The molecule has 0 aromatic heterocycles. The first-order valence-corrected chi connectivity index (χ1v) is 8.35. The minimum atomic E-state index is 0.669. The molecule has 0 aliphatic carbocycles. The van der Waals surface area contributed by atoms with Crippen LogP contribution in [-0.4, -0.2) is 65.0 Å². The van der Waals surface area contributed by atoms with Gasteiger partial charge in [-0.25, -0.2) is 0 Å². The quantitative estimate of drug-likeness (QED) is 0.232. The summed E-state index contributed by atoms with van der Waals surface area (Å²) in [7, 11) is 5.62. The van der Waals surface area contributed by atoms with Gasteiger partial charge in [0.15, 0.2) is 5.96 Å². The molecule has 0 radical (unpaired) electrons. The topological polar surface area (TPSA) is 46.1 Å². The molecule has 0 aromatic rings. The van der Waals surface area contributed by atoms with Crippen molar-refractivity contribution in [1.82, 2.24) is 10.2 Å². The standard InChI is InChI=1S/C17H35N3O2/c1-5-6-7-8-10-13-20(3)17(18-2)19-12-9-11-14-22-16-15-21-4/h5H,1,6-16H2,2-4H3,(H,18,19). The van der Waals surface area contributed by atoms with E-state index in [9.17, 15) is 0 Å². The van der Waals surface area contributed by atoms with E-state index in [1.165, 1.54) is 19.3 Å². The maximum atomic E-state index is 5.44. The highest BCUT2D eigenvalue weighted by Crippen LogP contribution is 2.01. The van der Waals surface area contributed by atoms with Crippen molar-refractivity contribution in [1.29, 1.82) is 0 Å². The summed E-state index contributed by atoms with van der Waals surface area (Å²) in [5.41, 5.74) is 0. The third-order valence-corrected chi connectivity index (χ3v) is 3.41. The summed E-state index contributed by atoms with van der Waals surface area (Å²) in [6, 6.07) is 0. The van der Waals surface area contributed by atoms with Crippen molar-refractivity contribution in [2.24, 2.45) is 4.99 Å². The molecule has 0 rings (SSSR count). The molecule has 5 nitrogen and oxygen atoms in total. The second kappa shape index (κ2) is 16.3. The highest BCUT2D eigenvalue weighted by molar-refractivity contribution is 5.79. The van der Waals surface area contributed by atoms with Gasteiger partial charge >= 0.3 is 0 Å². The molecule has 0 spiro atoms. The molecule has 0 amide bonds. The second-order valence-corrected chi connectivity index (χ2v) is 5.35. The molecule has 0 atom stereocenters. The van der Waals surface area contributed by atoms with E-state index in [4.69, 9.17) is 9.47 Å². The van der Waals surface area contributed by atoms with E-state index in [-0.39, 0.29) is 0 Å². The number of methoxy groups -OCH3 is 1. The maximum absolute atomic E-state index is 5.44. The normalized spacial score (nSPS) is 11.5. The Balaban J connectivity index is 3.58. The third-order valence-electron chi connectivity index (χ3n) is 3.41. The molecule has 0 saturated carbocycles. The number of rotatable bonds is 14. The van der Waals surface area contributed by atoms with Gasteiger partial charge in [0.1, 0.15) is 0 Å². The third kappa shape index (κ3) is 12.7. The molecule has 0 bridgehead atoms. The lowest BCUT2D eigenvalue weighted by atomic mass is 10.2. The Labute approximate surface area is 136 Å². The molecule has 0 aliphatic rings. The second-order valence-electron chi connectivity index (χ2n) is 5.35. The average molecular weight is 313 g/mol. The molecule has 0 unspecified atom stereocenters. The Bertz CT molecular complexity index is 283. The van der Waals surface area contributed by atoms with E-state index < -0.39 is 0 Å². The zero-order valence-corrected chi connectivity index (χ0v) is 14.8. The Morgan fingerprint density at radius 3 is 2.64 bits per heavy atom. The number of guanidine groups is 1. The largest absolute Gasteiger partial charge is 0.382 e. The van der Waals surface area contributed by atoms with Crippen LogP contribution in [-0.2, 0) is 9.47 Å². The van der Waals surface area contributed by atoms with Gasteiger partial charge in [0.25, 0.3) is 0 Å². The maximum Gasteiger partial charge on any atom is 0.193 e. The van der Waals surface area contributed by atoms with Crippen LogP contribution in [0.15, 0.2) is 17.6 Å². The van der Waals surface area contributed by atoms with Crippen molar-refractivity contribution in [3.05, 3.63) is 12.7 Å². The van der Waals surface area contributed by atoms with Crippen molar-refractivity contribution in [3.8, 4) is 0 Å². The predicted octanol–water partition coefficient (Wildman–Crippen LogP) is 2.68. The summed E-state index contributed by atoms with van der Waals surface area (Å²) >= 11 is 0. The number of nitrogens with one attached hydrogen (secondary N) is 1. The summed E-state index contributed by atoms with van der Waals surface area (Å²) in [6.45, 7) is 7.86. The Morgan fingerprint density at radius 2 is 1.95 bits per heavy atom. The van der Waals surface area contributed by atoms with Crippen LogP contribution in [0.25, 0.3) is 0 Å². The van der Waals surface area contributed by atoms with Crippen LogP contribution in [0, 0.1) is 0 Å². The number of allylic oxidation sites excluding steroid dienone is 1. The molecule has 22 heavy (non-hydrogen) atoms. The molecule has 0 aliphatic heterocycles. The van der Waals surface area contributed by atoms with Gasteiger partial charge in [0, 0.05) is 40.9 Å². The molecule has 130 valence electrons. The van der Waals surface area contributed by atoms with Crippen LogP contribution in [0.5, 0.6) is 0 Å². The molecule has 5 heteroatoms. The fourth-order valence-corrected chi connectivity index (χ4v) is 2.08. The number of ether oxygens (including phenoxy) is 2. The van der Waals surface area contributed by atoms with E-state index >= 15 is 0 Å². The van der Waals surface area contributed by atoms with Crippen molar-refractivity contribution >= 4 is 5.96 Å². The van der Waals surface area contributed by atoms with Crippen LogP contribution < -0.4 is 5.32 Å². The number of aliphatic imine (C=N–C) groups is 1. The summed E-state index contributed by atoms with van der Waals surface area (Å²) in [6.07, 6.45) is 8.90. The van der Waals surface area contributed by atoms with Crippen LogP contribution in [0.3, 0.4) is 0 Å². The molecule has 0 heterocycles. The first-order chi connectivity index (χ1) is 10.8. The molecular formula is C17H35N3O2. The molecule has 0 aromatic carbocycles. The van der Waals surface area contributed by atoms with Crippen LogP contribution in [0.2, 0.25) is 0 Å². The van der Waals surface area contributed by atoms with E-state index in [1.807, 2.05) is 13.1 Å². The van der Waals surface area contributed by atoms with Gasteiger partial charge in [0.05, 0.1) is 13.2 Å². The summed E-state index contributed by atoms with van der Waals surface area (Å²) in [5, 5.41) is 3.40. The van der Waals surface area contributed by atoms with Gasteiger partial charge in [-0.15, -0.1) is 6.58 Å². The summed E-state index contributed by atoms with van der Waals surface area (Å²) in [5.74, 6) is 0.976. The number of nitrogens with zero attached hydrogens (tertiary/aromatic N) is 2. The van der Waals surface area contributed by atoms with Gasteiger partial charge in [-0.3, -0.25) is 4.99 Å². The van der Waals surface area contributed by atoms with Gasteiger partial charge in [-0.2, -0.15) is 0 Å². The number of hydrogen-bond acceptors (Lipinski definition) is 3. The lowest BCUT2D eigenvalue weighted by molar-refractivity contribution is 0.0689. The van der Waals surface area contributed by atoms with Gasteiger partial charge in [0.2, 0.25) is 0 Å². The van der Waals surface area contributed by atoms with E-state index in [0.717, 1.165) is 44.9 Å². The van der Waals surface area contributed by atoms with Gasteiger partial charge < -0.3 is 19.7 Å². The van der Waals surface area contributed by atoms with Crippen molar-refractivity contribution in [2.75, 3.05) is 54.1 Å². The molecule has 0 saturated heterocycles. The highest BCUT2D eigenvalue weighted by atomic mass is 16.5. The lowest BCUT2D eigenvalue weighted by Crippen LogP contribution is -2.39. The van der Waals surface area contributed by atoms with Crippen molar-refractivity contribution in [3.63, 3.8) is 0 Å². The smallest absolute Gasteiger partial charge is 0.193 e. The molecule has 1 N–H and O–H groups in total. The number of hydrogen-bond donors (Lipinski definition) is 1. The Kier molecular flexibility index (Phi) is 15.5. The monoisotopic (exact) mass is 313 g/mol. The minimum absolute atomic E-state index is 0.669. The Morgan fingerprint density at radius 1 is 1.14 bits per heavy atom. The van der Waals surface area contributed by atoms with Crippen LogP contribution in [0.1, 0.15) is 38.5 Å². The molecular weight excluding hydrogens is 278 g/mol. The Hall–Kier alpha value is -1.07. The van der Waals surface area contributed by atoms with E-state index in [1.54, 1.807) is 7.11 Å². The summed E-state index contributed by atoms with van der Waals surface area (Å²) < 4.78 is 10.4. The van der Waals surface area contributed by atoms with E-state index in [0.29, 0.717) is 13.2 Å². The lowest BCUT2D eigenvalue weighted by Gasteiger charge is -2.22. The zero-order chi connectivity index (χ0) is 16.5. The van der Waals surface area contributed by atoms with E-state index in [2.05, 4.69) is 28.8 Å². The molecule has 0 fully saturated rings. The fraction of sp³-hybridized carbons (Fsp3) is 0.824. The van der Waals surface area contributed by atoms with Crippen LogP contribution in [0.4, 0.5) is 0 Å². The number of unbranched alkanes of at least 4 members (excludes halogenated alkanes) is 4. The van der Waals surface area contributed by atoms with Gasteiger partial charge in [-0.1, -0.05) is 12.5 Å². The first-order valence-electron chi connectivity index (χ1n) is 8.35. The summed E-state index contributed by atoms with van der Waals surface area (Å²) in [4.78, 5) is 6.53. The zero-order valence-electron chi connectivity index (χ0n) is 14.8.